The Kier molecular flexibility index (Phi) is 3.84. The van der Waals surface area contributed by atoms with E-state index < -0.39 is 0 Å². The largest absolute Gasteiger partial charge is 0.316 e. The Balaban J connectivity index is 2.18. The Morgan fingerprint density at radius 2 is 1.86 bits per heavy atom. The molecule has 3 nitrogen and oxygen atoms in total. The summed E-state index contributed by atoms with van der Waals surface area (Å²) in [4.78, 5) is 0. The number of hydrogen-bond donors (Lipinski definition) is 1. The zero-order valence-electron chi connectivity index (χ0n) is 12.4. The second-order valence-corrected chi connectivity index (χ2v) is 5.17. The quantitative estimate of drug-likeness (QED) is 0.790. The molecule has 0 atom stereocenters. The van der Waals surface area contributed by atoms with E-state index in [1.54, 1.807) is 0 Å². The highest BCUT2D eigenvalue weighted by molar-refractivity contribution is 5.65. The van der Waals surface area contributed by atoms with Crippen molar-refractivity contribution in [2.24, 2.45) is 0 Å². The van der Waals surface area contributed by atoms with E-state index in [0.717, 1.165) is 17.9 Å². The number of rotatable bonds is 4. The minimum Gasteiger partial charge on any atom is -0.316 e. The first-order valence-electron chi connectivity index (χ1n) is 7.13. The minimum atomic E-state index is 0.802. The first kappa shape index (κ1) is 13.6. The molecule has 0 spiro atoms. The van der Waals surface area contributed by atoms with Gasteiger partial charge in [-0.1, -0.05) is 42.5 Å². The number of benzene rings is 2. The predicted octanol–water partition coefficient (Wildman–Crippen LogP) is 3.57. The lowest BCUT2D eigenvalue weighted by atomic mass is 10.1. The van der Waals surface area contributed by atoms with Crippen molar-refractivity contribution in [1.29, 1.82) is 0 Å². The average molecular weight is 277 g/mol. The fourth-order valence-electron chi connectivity index (χ4n) is 2.56. The van der Waals surface area contributed by atoms with Gasteiger partial charge in [-0.2, -0.15) is 5.10 Å². The zero-order chi connectivity index (χ0) is 14.7. The molecule has 3 heteroatoms. The lowest BCUT2D eigenvalue weighted by molar-refractivity contribution is 0.818. The van der Waals surface area contributed by atoms with Gasteiger partial charge in [0.05, 0.1) is 17.6 Å². The molecular weight excluding hydrogens is 258 g/mol. The number of aryl methyl sites for hydroxylation is 1. The van der Waals surface area contributed by atoms with Gasteiger partial charge in [0.2, 0.25) is 0 Å². The number of nitrogens with zero attached hydrogens (tertiary/aromatic N) is 2. The summed E-state index contributed by atoms with van der Waals surface area (Å²) in [6.45, 7) is 2.90. The van der Waals surface area contributed by atoms with Crippen LogP contribution in [0.25, 0.3) is 16.9 Å². The number of nitrogens with one attached hydrogen (secondary N) is 1. The highest BCUT2D eigenvalue weighted by Crippen LogP contribution is 2.26. The van der Waals surface area contributed by atoms with Crippen LogP contribution in [0.4, 0.5) is 0 Å². The third-order valence-corrected chi connectivity index (χ3v) is 3.51. The van der Waals surface area contributed by atoms with Gasteiger partial charge < -0.3 is 5.32 Å². The van der Waals surface area contributed by atoms with E-state index in [1.165, 1.54) is 16.7 Å². The first-order valence-corrected chi connectivity index (χ1v) is 7.13. The molecule has 3 rings (SSSR count). The van der Waals surface area contributed by atoms with Crippen molar-refractivity contribution in [2.75, 3.05) is 7.05 Å². The van der Waals surface area contributed by atoms with Crippen LogP contribution in [0.5, 0.6) is 0 Å². The Morgan fingerprint density at radius 3 is 2.57 bits per heavy atom. The predicted molar refractivity (Wildman–Crippen MR) is 86.5 cm³/mol. The van der Waals surface area contributed by atoms with Crippen molar-refractivity contribution in [2.45, 2.75) is 13.5 Å². The lowest BCUT2D eigenvalue weighted by Crippen LogP contribution is -2.06. The van der Waals surface area contributed by atoms with Crippen molar-refractivity contribution < 1.29 is 0 Å². The maximum absolute atomic E-state index is 4.60. The van der Waals surface area contributed by atoms with Gasteiger partial charge in [0.15, 0.2) is 0 Å². The van der Waals surface area contributed by atoms with Gasteiger partial charge in [-0.15, -0.1) is 0 Å². The summed E-state index contributed by atoms with van der Waals surface area (Å²) in [6.07, 6.45) is 1.95. The van der Waals surface area contributed by atoms with Gasteiger partial charge in [0.25, 0.3) is 0 Å². The van der Waals surface area contributed by atoms with Crippen molar-refractivity contribution in [3.05, 3.63) is 71.9 Å². The van der Waals surface area contributed by atoms with Crippen LogP contribution in [0.1, 0.15) is 11.1 Å². The Bertz CT molecular complexity index is 729. The van der Waals surface area contributed by atoms with Crippen LogP contribution in [-0.4, -0.2) is 16.8 Å². The van der Waals surface area contributed by atoms with Crippen LogP contribution in [0.15, 0.2) is 60.8 Å². The molecule has 1 aromatic heterocycles. The maximum atomic E-state index is 4.60. The van der Waals surface area contributed by atoms with Crippen LogP contribution >= 0.6 is 0 Å². The molecule has 2 aromatic carbocycles. The van der Waals surface area contributed by atoms with Crippen molar-refractivity contribution >= 4 is 0 Å². The third kappa shape index (κ3) is 2.73. The third-order valence-electron chi connectivity index (χ3n) is 3.51. The topological polar surface area (TPSA) is 29.9 Å². The van der Waals surface area contributed by atoms with E-state index >= 15 is 0 Å². The van der Waals surface area contributed by atoms with Crippen molar-refractivity contribution in [1.82, 2.24) is 15.1 Å². The number of aromatic nitrogens is 2. The zero-order valence-corrected chi connectivity index (χ0v) is 12.4. The van der Waals surface area contributed by atoms with Gasteiger partial charge in [0.1, 0.15) is 0 Å². The van der Waals surface area contributed by atoms with Crippen molar-refractivity contribution in [3.8, 4) is 16.9 Å². The van der Waals surface area contributed by atoms with Crippen LogP contribution in [0, 0.1) is 6.92 Å². The van der Waals surface area contributed by atoms with Crippen LogP contribution in [-0.2, 0) is 6.54 Å². The summed E-state index contributed by atoms with van der Waals surface area (Å²) in [6, 6.07) is 18.8. The van der Waals surface area contributed by atoms with E-state index in [1.807, 2.05) is 24.0 Å². The number of hydrogen-bond acceptors (Lipinski definition) is 2. The molecular formula is C18H19N3. The SMILES string of the molecule is CNCc1cnn(-c2cccc(C)c2)c1-c1ccccc1. The molecule has 106 valence electrons. The molecule has 3 aromatic rings. The maximum Gasteiger partial charge on any atom is 0.0785 e. The van der Waals surface area contributed by atoms with E-state index in [2.05, 4.69) is 65.9 Å². The minimum absolute atomic E-state index is 0.802. The summed E-state index contributed by atoms with van der Waals surface area (Å²) < 4.78 is 2.02. The molecule has 0 fully saturated rings. The first-order chi connectivity index (χ1) is 10.3. The van der Waals surface area contributed by atoms with E-state index in [0.29, 0.717) is 0 Å². The van der Waals surface area contributed by atoms with Crippen LogP contribution in [0.2, 0.25) is 0 Å². The molecule has 0 unspecified atom stereocenters. The van der Waals surface area contributed by atoms with E-state index in [4.69, 9.17) is 0 Å². The fraction of sp³-hybridized carbons (Fsp3) is 0.167. The van der Waals surface area contributed by atoms with Crippen LogP contribution in [0.3, 0.4) is 0 Å². The van der Waals surface area contributed by atoms with Gasteiger partial charge >= 0.3 is 0 Å². The highest BCUT2D eigenvalue weighted by atomic mass is 15.3. The molecule has 0 saturated carbocycles. The van der Waals surface area contributed by atoms with Gasteiger partial charge in [0, 0.05) is 17.7 Å². The highest BCUT2D eigenvalue weighted by Gasteiger charge is 2.13. The molecule has 0 aliphatic rings. The van der Waals surface area contributed by atoms with Gasteiger partial charge in [-0.3, -0.25) is 0 Å². The summed E-state index contributed by atoms with van der Waals surface area (Å²) >= 11 is 0. The molecule has 0 saturated heterocycles. The molecule has 1 heterocycles. The molecule has 0 aliphatic heterocycles. The smallest absolute Gasteiger partial charge is 0.0785 e. The molecule has 0 aliphatic carbocycles. The van der Waals surface area contributed by atoms with Crippen molar-refractivity contribution in [3.63, 3.8) is 0 Å². The Labute approximate surface area is 125 Å². The summed E-state index contributed by atoms with van der Waals surface area (Å²) in [7, 11) is 1.96. The monoisotopic (exact) mass is 277 g/mol. The van der Waals surface area contributed by atoms with E-state index in [-0.39, 0.29) is 0 Å². The second kappa shape index (κ2) is 5.94. The lowest BCUT2D eigenvalue weighted by Gasteiger charge is -2.10. The molecule has 21 heavy (non-hydrogen) atoms. The second-order valence-electron chi connectivity index (χ2n) is 5.17. The normalized spacial score (nSPS) is 10.8. The standard InChI is InChI=1S/C18H19N3/c1-14-7-6-10-17(11-14)21-18(15-8-4-3-5-9-15)16(12-19-2)13-20-21/h3-11,13,19H,12H2,1-2H3. The summed E-state index contributed by atoms with van der Waals surface area (Å²) in [5, 5.41) is 7.82. The van der Waals surface area contributed by atoms with Gasteiger partial charge in [-0.05, 0) is 31.7 Å². The van der Waals surface area contributed by atoms with Gasteiger partial charge in [-0.25, -0.2) is 4.68 Å². The summed E-state index contributed by atoms with van der Waals surface area (Å²) in [5.74, 6) is 0. The Morgan fingerprint density at radius 1 is 1.05 bits per heavy atom. The molecule has 0 radical (unpaired) electrons. The summed E-state index contributed by atoms with van der Waals surface area (Å²) in [5.41, 5.74) is 5.86. The van der Waals surface area contributed by atoms with E-state index in [9.17, 15) is 0 Å². The average Bonchev–Trinajstić information content (AvgIpc) is 2.92. The molecule has 0 bridgehead atoms. The molecule has 1 N–H and O–H groups in total. The van der Waals surface area contributed by atoms with Crippen LogP contribution < -0.4 is 5.32 Å². The fourth-order valence-corrected chi connectivity index (χ4v) is 2.56. The molecule has 0 amide bonds. The Hall–Kier alpha value is -2.39.